The summed E-state index contributed by atoms with van der Waals surface area (Å²) in [5.41, 5.74) is 7.30. The zero-order chi connectivity index (χ0) is 15.4. The van der Waals surface area contributed by atoms with Crippen molar-refractivity contribution in [3.8, 4) is 0 Å². The third-order valence-electron chi connectivity index (χ3n) is 3.27. The molecule has 2 rings (SSSR count). The number of fused-ring (bicyclic) bond motifs is 1. The lowest BCUT2D eigenvalue weighted by atomic mass is 10.1. The van der Waals surface area contributed by atoms with Crippen LogP contribution in [0.25, 0.3) is 0 Å². The Bertz CT molecular complexity index is 585. The first kappa shape index (κ1) is 15.0. The van der Waals surface area contributed by atoms with E-state index in [9.17, 15) is 14.4 Å². The van der Waals surface area contributed by atoms with E-state index >= 15 is 0 Å². The molecule has 0 saturated carbocycles. The monoisotopic (exact) mass is 292 g/mol. The van der Waals surface area contributed by atoms with Crippen LogP contribution in [0.2, 0.25) is 0 Å². The van der Waals surface area contributed by atoms with Crippen molar-refractivity contribution < 1.29 is 24.2 Å². The first-order valence-corrected chi connectivity index (χ1v) is 6.49. The first-order valence-electron chi connectivity index (χ1n) is 6.49. The Hall–Kier alpha value is -2.41. The standard InChI is InChI=1S/C14H16N2O5/c15-12(17)4-3-11(14(19)20)16-13(18)8-1-2-9-6-21-7-10(9)5-8/h1-2,5,11H,3-4,6-7H2,(H2,15,17)(H,16,18)(H,19,20). The van der Waals surface area contributed by atoms with Crippen molar-refractivity contribution in [2.45, 2.75) is 32.1 Å². The second-order valence-corrected chi connectivity index (χ2v) is 4.85. The van der Waals surface area contributed by atoms with Gasteiger partial charge in [0.2, 0.25) is 5.91 Å². The molecule has 4 N–H and O–H groups in total. The number of carboxylic acids is 1. The van der Waals surface area contributed by atoms with Gasteiger partial charge in [-0.1, -0.05) is 6.07 Å². The molecule has 0 saturated heterocycles. The molecule has 1 heterocycles. The number of hydrogen-bond acceptors (Lipinski definition) is 4. The van der Waals surface area contributed by atoms with Crippen LogP contribution in [0, 0.1) is 0 Å². The molecule has 0 aliphatic carbocycles. The number of primary amides is 1. The van der Waals surface area contributed by atoms with Gasteiger partial charge in [0.15, 0.2) is 0 Å². The van der Waals surface area contributed by atoms with Crippen LogP contribution in [0.4, 0.5) is 0 Å². The van der Waals surface area contributed by atoms with E-state index in [1.165, 1.54) is 0 Å². The third-order valence-corrected chi connectivity index (χ3v) is 3.27. The molecule has 1 atom stereocenters. The van der Waals surface area contributed by atoms with Crippen LogP contribution in [0.1, 0.15) is 34.3 Å². The highest BCUT2D eigenvalue weighted by Crippen LogP contribution is 2.20. The molecule has 7 heteroatoms. The number of amides is 2. The molecule has 0 radical (unpaired) electrons. The van der Waals surface area contributed by atoms with Crippen molar-refractivity contribution in [3.05, 3.63) is 34.9 Å². The summed E-state index contributed by atoms with van der Waals surface area (Å²) in [7, 11) is 0. The Morgan fingerprint density at radius 3 is 2.67 bits per heavy atom. The normalized spacial score (nSPS) is 14.3. The topological polar surface area (TPSA) is 119 Å². The quantitative estimate of drug-likeness (QED) is 0.690. The molecular formula is C14H16N2O5. The van der Waals surface area contributed by atoms with Crippen LogP contribution in [0.5, 0.6) is 0 Å². The highest BCUT2D eigenvalue weighted by molar-refractivity contribution is 5.97. The van der Waals surface area contributed by atoms with E-state index in [4.69, 9.17) is 15.6 Å². The number of nitrogens with two attached hydrogens (primary N) is 1. The van der Waals surface area contributed by atoms with Crippen molar-refractivity contribution >= 4 is 17.8 Å². The molecule has 1 aliphatic rings. The zero-order valence-electron chi connectivity index (χ0n) is 11.3. The number of carbonyl (C=O) groups is 3. The van der Waals surface area contributed by atoms with E-state index in [-0.39, 0.29) is 12.8 Å². The van der Waals surface area contributed by atoms with Crippen molar-refractivity contribution in [1.82, 2.24) is 5.32 Å². The Labute approximate surface area is 121 Å². The molecule has 1 aliphatic heterocycles. The van der Waals surface area contributed by atoms with Gasteiger partial charge in [0, 0.05) is 12.0 Å². The zero-order valence-corrected chi connectivity index (χ0v) is 11.3. The highest BCUT2D eigenvalue weighted by Gasteiger charge is 2.22. The number of aliphatic carboxylic acids is 1. The number of hydrogen-bond donors (Lipinski definition) is 3. The highest BCUT2D eigenvalue weighted by atomic mass is 16.5. The molecule has 0 bridgehead atoms. The van der Waals surface area contributed by atoms with E-state index in [1.807, 2.05) is 0 Å². The lowest BCUT2D eigenvalue weighted by Crippen LogP contribution is -2.41. The number of nitrogens with one attached hydrogen (secondary N) is 1. The fourth-order valence-corrected chi connectivity index (χ4v) is 2.10. The summed E-state index contributed by atoms with van der Waals surface area (Å²) in [5.74, 6) is -2.30. The molecule has 2 amide bonds. The summed E-state index contributed by atoms with van der Waals surface area (Å²) in [4.78, 5) is 33.9. The lowest BCUT2D eigenvalue weighted by Gasteiger charge is -2.14. The first-order chi connectivity index (χ1) is 9.97. The van der Waals surface area contributed by atoms with Gasteiger partial charge in [-0.3, -0.25) is 9.59 Å². The van der Waals surface area contributed by atoms with Crippen molar-refractivity contribution in [2.24, 2.45) is 5.73 Å². The Balaban J connectivity index is 2.04. The van der Waals surface area contributed by atoms with Gasteiger partial charge in [0.1, 0.15) is 6.04 Å². The summed E-state index contributed by atoms with van der Waals surface area (Å²) in [5, 5.41) is 11.4. The molecule has 112 valence electrons. The van der Waals surface area contributed by atoms with Gasteiger partial charge in [-0.15, -0.1) is 0 Å². The minimum Gasteiger partial charge on any atom is -0.480 e. The third kappa shape index (κ3) is 3.79. The van der Waals surface area contributed by atoms with Crippen LogP contribution in [0.15, 0.2) is 18.2 Å². The summed E-state index contributed by atoms with van der Waals surface area (Å²) in [6.45, 7) is 0.966. The van der Waals surface area contributed by atoms with Gasteiger partial charge in [-0.2, -0.15) is 0 Å². The number of carbonyl (C=O) groups excluding carboxylic acids is 2. The Morgan fingerprint density at radius 2 is 2.00 bits per heavy atom. The summed E-state index contributed by atoms with van der Waals surface area (Å²) >= 11 is 0. The van der Waals surface area contributed by atoms with E-state index < -0.39 is 23.8 Å². The number of ether oxygens (including phenoxy) is 1. The van der Waals surface area contributed by atoms with Crippen molar-refractivity contribution in [3.63, 3.8) is 0 Å². The molecule has 0 fully saturated rings. The molecule has 7 nitrogen and oxygen atoms in total. The maximum Gasteiger partial charge on any atom is 0.326 e. The molecule has 21 heavy (non-hydrogen) atoms. The predicted molar refractivity (Wildman–Crippen MR) is 72.3 cm³/mol. The van der Waals surface area contributed by atoms with Crippen LogP contribution in [-0.4, -0.2) is 28.9 Å². The van der Waals surface area contributed by atoms with E-state index in [0.717, 1.165) is 11.1 Å². The van der Waals surface area contributed by atoms with Gasteiger partial charge in [-0.25, -0.2) is 4.79 Å². The summed E-state index contributed by atoms with van der Waals surface area (Å²) in [6.07, 6.45) is -0.139. The van der Waals surface area contributed by atoms with Crippen LogP contribution in [-0.2, 0) is 27.5 Å². The number of benzene rings is 1. The smallest absolute Gasteiger partial charge is 0.326 e. The SMILES string of the molecule is NC(=O)CCC(NC(=O)c1ccc2c(c1)COC2)C(=O)O. The van der Waals surface area contributed by atoms with E-state index in [1.54, 1.807) is 18.2 Å². The summed E-state index contributed by atoms with van der Waals surface area (Å²) < 4.78 is 5.26. The van der Waals surface area contributed by atoms with Crippen molar-refractivity contribution in [2.75, 3.05) is 0 Å². The van der Waals surface area contributed by atoms with E-state index in [0.29, 0.717) is 18.8 Å². The predicted octanol–water partition coefficient (Wildman–Crippen LogP) is 0.165. The van der Waals surface area contributed by atoms with Crippen LogP contribution in [0.3, 0.4) is 0 Å². The fourth-order valence-electron chi connectivity index (χ4n) is 2.10. The fraction of sp³-hybridized carbons (Fsp3) is 0.357. The Kier molecular flexibility index (Phi) is 4.54. The van der Waals surface area contributed by atoms with Crippen LogP contribution >= 0.6 is 0 Å². The largest absolute Gasteiger partial charge is 0.480 e. The van der Waals surface area contributed by atoms with Gasteiger partial charge >= 0.3 is 5.97 Å². The van der Waals surface area contributed by atoms with Gasteiger partial charge in [-0.05, 0) is 29.7 Å². The maximum absolute atomic E-state index is 12.1. The van der Waals surface area contributed by atoms with Gasteiger partial charge in [0.25, 0.3) is 5.91 Å². The number of carboxylic acid groups (broad SMARTS) is 1. The van der Waals surface area contributed by atoms with Gasteiger partial charge < -0.3 is 20.9 Å². The lowest BCUT2D eigenvalue weighted by molar-refractivity contribution is -0.139. The maximum atomic E-state index is 12.1. The van der Waals surface area contributed by atoms with Crippen molar-refractivity contribution in [1.29, 1.82) is 0 Å². The molecule has 0 spiro atoms. The molecular weight excluding hydrogens is 276 g/mol. The van der Waals surface area contributed by atoms with E-state index in [2.05, 4.69) is 5.32 Å². The molecule has 1 unspecified atom stereocenters. The summed E-state index contributed by atoms with van der Waals surface area (Å²) in [6, 6.07) is 3.95. The average Bonchev–Trinajstić information content (AvgIpc) is 2.89. The van der Waals surface area contributed by atoms with Crippen LogP contribution < -0.4 is 11.1 Å². The Morgan fingerprint density at radius 1 is 1.29 bits per heavy atom. The minimum atomic E-state index is -1.20. The minimum absolute atomic E-state index is 0.0372. The average molecular weight is 292 g/mol. The van der Waals surface area contributed by atoms with Gasteiger partial charge in [0.05, 0.1) is 13.2 Å². The number of rotatable bonds is 6. The molecule has 1 aromatic carbocycles. The second-order valence-electron chi connectivity index (χ2n) is 4.85. The molecule has 1 aromatic rings. The molecule has 0 aromatic heterocycles. The second kappa shape index (κ2) is 6.36.